The maximum atomic E-state index is 11.0. The first-order valence-electron chi connectivity index (χ1n) is 9.97. The van der Waals surface area contributed by atoms with Gasteiger partial charge in [-0.05, 0) is 29.3 Å². The van der Waals surface area contributed by atoms with Crippen LogP contribution in [0.4, 0.5) is 0 Å². The van der Waals surface area contributed by atoms with Crippen LogP contribution in [0.3, 0.4) is 0 Å². The summed E-state index contributed by atoms with van der Waals surface area (Å²) in [4.78, 5) is 11.0. The lowest BCUT2D eigenvalue weighted by Crippen LogP contribution is -2.01. The molecule has 4 rings (SSSR count). The van der Waals surface area contributed by atoms with Crippen LogP contribution in [0.1, 0.15) is 16.7 Å². The summed E-state index contributed by atoms with van der Waals surface area (Å²) in [5, 5.41) is 13.7. The fraction of sp³-hybridized carbons (Fsp3) is 0.0769. The number of benzene rings is 3. The van der Waals surface area contributed by atoms with Crippen LogP contribution in [0.5, 0.6) is 5.75 Å². The van der Waals surface area contributed by atoms with Gasteiger partial charge in [0, 0.05) is 23.4 Å². The molecule has 5 heteroatoms. The molecule has 0 saturated heterocycles. The second-order valence-electron chi connectivity index (χ2n) is 7.09. The highest BCUT2D eigenvalue weighted by molar-refractivity contribution is 5.87. The standard InChI is InChI=1S/C26H22N2O3/c29-25(30)16-13-23-18-28(27-26(23)22-9-5-2-6-10-22)17-20-11-14-24(15-12-20)31-19-21-7-3-1-4-8-21/h1-16,18H,17,19H2,(H,29,30). The first-order chi connectivity index (χ1) is 15.2. The van der Waals surface area contributed by atoms with Crippen molar-refractivity contribution in [2.75, 3.05) is 0 Å². The van der Waals surface area contributed by atoms with Crippen molar-refractivity contribution in [2.45, 2.75) is 13.2 Å². The fourth-order valence-electron chi connectivity index (χ4n) is 3.24. The number of aliphatic carboxylic acids is 1. The van der Waals surface area contributed by atoms with E-state index in [1.807, 2.05) is 95.8 Å². The Balaban J connectivity index is 1.49. The molecule has 0 unspecified atom stereocenters. The SMILES string of the molecule is O=C(O)C=Cc1cn(Cc2ccc(OCc3ccccc3)cc2)nc1-c1ccccc1. The van der Waals surface area contributed by atoms with Crippen LogP contribution in [0.15, 0.2) is 97.2 Å². The van der Waals surface area contributed by atoms with Gasteiger partial charge in [-0.2, -0.15) is 5.10 Å². The summed E-state index contributed by atoms with van der Waals surface area (Å²) in [6.07, 6.45) is 4.57. The second-order valence-corrected chi connectivity index (χ2v) is 7.09. The minimum atomic E-state index is -0.988. The van der Waals surface area contributed by atoms with E-state index < -0.39 is 5.97 Å². The van der Waals surface area contributed by atoms with E-state index in [0.717, 1.165) is 39.8 Å². The van der Waals surface area contributed by atoms with E-state index in [4.69, 9.17) is 14.9 Å². The van der Waals surface area contributed by atoms with E-state index in [-0.39, 0.29) is 0 Å². The molecule has 0 aliphatic heterocycles. The highest BCUT2D eigenvalue weighted by atomic mass is 16.5. The van der Waals surface area contributed by atoms with Gasteiger partial charge in [-0.25, -0.2) is 4.79 Å². The molecule has 0 aliphatic rings. The summed E-state index contributed by atoms with van der Waals surface area (Å²) in [6.45, 7) is 1.10. The van der Waals surface area contributed by atoms with Gasteiger partial charge in [-0.3, -0.25) is 4.68 Å². The first kappa shape index (κ1) is 20.2. The van der Waals surface area contributed by atoms with Crippen LogP contribution in [-0.4, -0.2) is 20.9 Å². The van der Waals surface area contributed by atoms with Crippen molar-refractivity contribution in [3.05, 3.63) is 114 Å². The molecule has 1 aromatic heterocycles. The van der Waals surface area contributed by atoms with Crippen molar-refractivity contribution in [1.82, 2.24) is 9.78 Å². The second kappa shape index (κ2) is 9.59. The molecular weight excluding hydrogens is 388 g/mol. The molecule has 5 nitrogen and oxygen atoms in total. The monoisotopic (exact) mass is 410 g/mol. The van der Waals surface area contributed by atoms with Gasteiger partial charge in [0.1, 0.15) is 12.4 Å². The van der Waals surface area contributed by atoms with Crippen LogP contribution in [-0.2, 0) is 17.9 Å². The van der Waals surface area contributed by atoms with E-state index in [2.05, 4.69) is 0 Å². The largest absolute Gasteiger partial charge is 0.489 e. The molecule has 0 atom stereocenters. The van der Waals surface area contributed by atoms with Crippen molar-refractivity contribution >= 4 is 12.0 Å². The van der Waals surface area contributed by atoms with Crippen molar-refractivity contribution in [3.8, 4) is 17.0 Å². The maximum absolute atomic E-state index is 11.0. The maximum Gasteiger partial charge on any atom is 0.328 e. The number of aromatic nitrogens is 2. The van der Waals surface area contributed by atoms with Crippen LogP contribution >= 0.6 is 0 Å². The normalized spacial score (nSPS) is 11.0. The van der Waals surface area contributed by atoms with Crippen LogP contribution < -0.4 is 4.74 Å². The molecular formula is C26H22N2O3. The number of carboxylic acids is 1. The summed E-state index contributed by atoms with van der Waals surface area (Å²) in [5.41, 5.74) is 4.65. The Morgan fingerprint density at radius 3 is 2.26 bits per heavy atom. The third-order valence-electron chi connectivity index (χ3n) is 4.76. The van der Waals surface area contributed by atoms with E-state index in [1.165, 1.54) is 0 Å². The Kier molecular flexibility index (Phi) is 6.24. The summed E-state index contributed by atoms with van der Waals surface area (Å²) >= 11 is 0. The van der Waals surface area contributed by atoms with Crippen LogP contribution in [0.2, 0.25) is 0 Å². The van der Waals surface area contributed by atoms with Crippen LogP contribution in [0, 0.1) is 0 Å². The zero-order valence-electron chi connectivity index (χ0n) is 16.9. The molecule has 0 fully saturated rings. The van der Waals surface area contributed by atoms with Gasteiger partial charge < -0.3 is 9.84 Å². The lowest BCUT2D eigenvalue weighted by atomic mass is 10.1. The average Bonchev–Trinajstić information content (AvgIpc) is 3.21. The molecule has 0 amide bonds. The number of hydrogen-bond donors (Lipinski definition) is 1. The molecule has 1 N–H and O–H groups in total. The third kappa shape index (κ3) is 5.48. The van der Waals surface area contributed by atoms with Crippen molar-refractivity contribution in [1.29, 1.82) is 0 Å². The van der Waals surface area contributed by atoms with E-state index >= 15 is 0 Å². The number of nitrogens with zero attached hydrogens (tertiary/aromatic N) is 2. The quantitative estimate of drug-likeness (QED) is 0.402. The van der Waals surface area contributed by atoms with E-state index in [9.17, 15) is 4.79 Å². The van der Waals surface area contributed by atoms with Gasteiger partial charge in [0.2, 0.25) is 0 Å². The Morgan fingerprint density at radius 1 is 0.903 bits per heavy atom. The Bertz CT molecular complexity index is 1160. The molecule has 3 aromatic carbocycles. The first-order valence-corrected chi connectivity index (χ1v) is 9.97. The predicted octanol–water partition coefficient (Wildman–Crippen LogP) is 5.28. The zero-order chi connectivity index (χ0) is 21.5. The number of rotatable bonds is 8. The minimum Gasteiger partial charge on any atom is -0.489 e. The summed E-state index contributed by atoms with van der Waals surface area (Å²) in [7, 11) is 0. The van der Waals surface area contributed by atoms with Gasteiger partial charge in [-0.15, -0.1) is 0 Å². The minimum absolute atomic E-state index is 0.527. The van der Waals surface area contributed by atoms with Crippen molar-refractivity contribution in [2.24, 2.45) is 0 Å². The van der Waals surface area contributed by atoms with Gasteiger partial charge in [0.25, 0.3) is 0 Å². The summed E-state index contributed by atoms with van der Waals surface area (Å²) in [6, 6.07) is 27.7. The molecule has 4 aromatic rings. The lowest BCUT2D eigenvalue weighted by Gasteiger charge is -2.07. The third-order valence-corrected chi connectivity index (χ3v) is 4.76. The molecule has 0 aliphatic carbocycles. The Morgan fingerprint density at radius 2 is 1.58 bits per heavy atom. The number of hydrogen-bond acceptors (Lipinski definition) is 3. The molecule has 1 heterocycles. The topological polar surface area (TPSA) is 64.3 Å². The van der Waals surface area contributed by atoms with Gasteiger partial charge in [0.05, 0.1) is 12.2 Å². The highest BCUT2D eigenvalue weighted by Gasteiger charge is 2.10. The summed E-state index contributed by atoms with van der Waals surface area (Å²) in [5.74, 6) is -0.180. The van der Waals surface area contributed by atoms with E-state index in [1.54, 1.807) is 6.08 Å². The van der Waals surface area contributed by atoms with Gasteiger partial charge in [0.15, 0.2) is 0 Å². The number of ether oxygens (including phenoxy) is 1. The molecule has 31 heavy (non-hydrogen) atoms. The summed E-state index contributed by atoms with van der Waals surface area (Å²) < 4.78 is 7.67. The van der Waals surface area contributed by atoms with Gasteiger partial charge in [-0.1, -0.05) is 72.8 Å². The molecule has 154 valence electrons. The molecule has 0 saturated carbocycles. The number of carbonyl (C=O) groups is 1. The number of carboxylic acid groups (broad SMARTS) is 1. The molecule has 0 spiro atoms. The van der Waals surface area contributed by atoms with Crippen molar-refractivity contribution < 1.29 is 14.6 Å². The van der Waals surface area contributed by atoms with Crippen molar-refractivity contribution in [3.63, 3.8) is 0 Å². The lowest BCUT2D eigenvalue weighted by molar-refractivity contribution is -0.131. The molecule has 0 bridgehead atoms. The Labute approximate surface area is 180 Å². The average molecular weight is 410 g/mol. The predicted molar refractivity (Wildman–Crippen MR) is 121 cm³/mol. The zero-order valence-corrected chi connectivity index (χ0v) is 16.9. The highest BCUT2D eigenvalue weighted by Crippen LogP contribution is 2.24. The van der Waals surface area contributed by atoms with E-state index in [0.29, 0.717) is 13.2 Å². The molecule has 0 radical (unpaired) electrons. The Hall–Kier alpha value is -4.12. The van der Waals surface area contributed by atoms with Crippen LogP contribution in [0.25, 0.3) is 17.3 Å². The smallest absolute Gasteiger partial charge is 0.328 e. The van der Waals surface area contributed by atoms with Gasteiger partial charge >= 0.3 is 5.97 Å². The fourth-order valence-corrected chi connectivity index (χ4v) is 3.24.